The first kappa shape index (κ1) is 29.0. The summed E-state index contributed by atoms with van der Waals surface area (Å²) in [6.45, 7) is 10.8. The van der Waals surface area contributed by atoms with Gasteiger partial charge >= 0.3 is 0 Å². The van der Waals surface area contributed by atoms with Gasteiger partial charge in [-0.1, -0.05) is 20.8 Å². The van der Waals surface area contributed by atoms with Crippen molar-refractivity contribution < 1.29 is 30.8 Å². The van der Waals surface area contributed by atoms with Gasteiger partial charge in [-0.2, -0.15) is 0 Å². The summed E-state index contributed by atoms with van der Waals surface area (Å²) in [5, 5.41) is 2.48. The van der Waals surface area contributed by atoms with Crippen LogP contribution in [0.3, 0.4) is 0 Å². The first-order valence-corrected chi connectivity index (χ1v) is 16.9. The molecule has 1 aliphatic carbocycles. The second-order valence-electron chi connectivity index (χ2n) is 10.5. The molecule has 0 saturated heterocycles. The molecule has 0 atom stereocenters. The van der Waals surface area contributed by atoms with Crippen molar-refractivity contribution in [3.63, 3.8) is 0 Å². The van der Waals surface area contributed by atoms with Gasteiger partial charge in [0.2, 0.25) is 10.0 Å². The van der Waals surface area contributed by atoms with Crippen LogP contribution in [0, 0.1) is 21.0 Å². The van der Waals surface area contributed by atoms with Crippen molar-refractivity contribution in [2.75, 3.05) is 23.8 Å². The van der Waals surface area contributed by atoms with Crippen molar-refractivity contribution in [2.45, 2.75) is 62.9 Å². The molecule has 2 aromatic carbocycles. The summed E-state index contributed by atoms with van der Waals surface area (Å²) < 4.78 is 84.0. The van der Waals surface area contributed by atoms with Gasteiger partial charge in [0.15, 0.2) is 20.0 Å². The van der Waals surface area contributed by atoms with E-state index < -0.39 is 46.2 Å². The van der Waals surface area contributed by atoms with Crippen LogP contribution >= 0.6 is 22.6 Å². The number of nitrogens with one attached hydrogen (secondary N) is 2. The molecule has 0 aromatic heterocycles. The minimum absolute atomic E-state index is 0.0226. The fourth-order valence-corrected chi connectivity index (χ4v) is 6.63. The minimum atomic E-state index is -4.07. The van der Waals surface area contributed by atoms with Crippen LogP contribution in [0.4, 0.5) is 30.2 Å². The predicted octanol–water partition coefficient (Wildman–Crippen LogP) is 7.15. The number of hydrogen-bond donors (Lipinski definition) is 2. The molecule has 6 nitrogen and oxygen atoms in total. The summed E-state index contributed by atoms with van der Waals surface area (Å²) in [5.74, 6) is -3.58. The molecule has 0 aliphatic heterocycles. The molecule has 2 N–H and O–H groups in total. The fraction of sp³-hybridized carbons (Fsp3) is 0.500. The summed E-state index contributed by atoms with van der Waals surface area (Å²) in [5.41, 5.74) is -1.04. The lowest BCUT2D eigenvalue weighted by atomic mass is 10.2. The van der Waals surface area contributed by atoms with E-state index in [4.69, 9.17) is 9.16 Å². The van der Waals surface area contributed by atoms with Crippen LogP contribution in [-0.2, 0) is 14.4 Å². The van der Waals surface area contributed by atoms with Gasteiger partial charge in [-0.3, -0.25) is 4.72 Å². The Labute approximate surface area is 225 Å². The Morgan fingerprint density at radius 2 is 1.72 bits per heavy atom. The highest BCUT2D eigenvalue weighted by Crippen LogP contribution is 2.49. The van der Waals surface area contributed by atoms with Crippen LogP contribution < -0.4 is 14.8 Å². The third-order valence-corrected chi connectivity index (χ3v) is 14.5. The quantitative estimate of drug-likeness (QED) is 0.210. The molecular formula is C24H32F3IN2O4SSi. The summed E-state index contributed by atoms with van der Waals surface area (Å²) in [6.07, 6.45) is 1.07. The van der Waals surface area contributed by atoms with Gasteiger partial charge in [0, 0.05) is 16.2 Å². The Hall–Kier alpha value is -1.51. The van der Waals surface area contributed by atoms with Crippen LogP contribution in [0.15, 0.2) is 24.3 Å². The number of anilines is 3. The number of hydrogen-bond acceptors (Lipinski definition) is 5. The summed E-state index contributed by atoms with van der Waals surface area (Å²) in [4.78, 5) is 0. The van der Waals surface area contributed by atoms with Crippen molar-refractivity contribution in [1.29, 1.82) is 0 Å². The van der Waals surface area contributed by atoms with Crippen molar-refractivity contribution >= 4 is 58.0 Å². The lowest BCUT2D eigenvalue weighted by molar-refractivity contribution is 0.277. The van der Waals surface area contributed by atoms with Crippen molar-refractivity contribution in [1.82, 2.24) is 0 Å². The van der Waals surface area contributed by atoms with E-state index in [0.717, 1.165) is 6.07 Å². The maximum Gasteiger partial charge on any atom is 0.238 e. The number of methoxy groups -OCH3 is 1. The number of benzene rings is 2. The largest absolute Gasteiger partial charge is 0.494 e. The van der Waals surface area contributed by atoms with E-state index in [9.17, 15) is 21.6 Å². The highest BCUT2D eigenvalue weighted by molar-refractivity contribution is 14.1. The van der Waals surface area contributed by atoms with Crippen LogP contribution in [0.2, 0.25) is 18.1 Å². The average molecular weight is 657 g/mol. The van der Waals surface area contributed by atoms with Crippen LogP contribution in [-0.4, -0.2) is 35.2 Å². The van der Waals surface area contributed by atoms with Gasteiger partial charge in [0.25, 0.3) is 0 Å². The molecule has 3 rings (SSSR count). The molecule has 0 radical (unpaired) electrons. The maximum atomic E-state index is 14.9. The molecule has 0 spiro atoms. The molecule has 0 amide bonds. The zero-order valence-corrected chi connectivity index (χ0v) is 25.2. The van der Waals surface area contributed by atoms with E-state index in [1.54, 1.807) is 6.07 Å². The predicted molar refractivity (Wildman–Crippen MR) is 148 cm³/mol. The van der Waals surface area contributed by atoms with Gasteiger partial charge in [-0.05, 0) is 78.2 Å². The summed E-state index contributed by atoms with van der Waals surface area (Å²) >= 11 is 1.92. The van der Waals surface area contributed by atoms with Crippen molar-refractivity contribution in [3.8, 4) is 5.75 Å². The topological polar surface area (TPSA) is 76.7 Å². The first-order valence-electron chi connectivity index (χ1n) is 11.5. The first-order chi connectivity index (χ1) is 16.5. The van der Waals surface area contributed by atoms with Crippen LogP contribution in [0.1, 0.15) is 40.0 Å². The Balaban J connectivity index is 1.92. The Kier molecular flexibility index (Phi) is 8.34. The van der Waals surface area contributed by atoms with E-state index in [2.05, 4.69) is 43.9 Å². The van der Waals surface area contributed by atoms with E-state index >= 15 is 0 Å². The number of rotatable bonds is 10. The Morgan fingerprint density at radius 1 is 1.08 bits per heavy atom. The SMILES string of the molecule is COc1cc(F)c(F)c(Nc2ccc(I)cc2F)c1NS(=O)(=O)C1(CCO[Si](C)(C)C(C)(C)C)CC1. The maximum absolute atomic E-state index is 14.9. The molecule has 1 aliphatic rings. The highest BCUT2D eigenvalue weighted by Gasteiger charge is 2.55. The monoisotopic (exact) mass is 656 g/mol. The van der Waals surface area contributed by atoms with E-state index in [0.29, 0.717) is 16.4 Å². The molecule has 0 heterocycles. The van der Waals surface area contributed by atoms with Gasteiger partial charge in [-0.25, -0.2) is 21.6 Å². The number of halogens is 4. The van der Waals surface area contributed by atoms with E-state index in [1.807, 2.05) is 22.6 Å². The summed E-state index contributed by atoms with van der Waals surface area (Å²) in [7, 11) is -4.93. The van der Waals surface area contributed by atoms with Gasteiger partial charge in [-0.15, -0.1) is 0 Å². The standard InChI is InChI=1S/C24H32F3IN2O4SSi/c1-23(2,3)36(5,6)34-12-11-24(9-10-24)35(31,32)30-21-19(33-4)14-17(26)20(27)22(21)29-18-8-7-15(28)13-16(18)25/h7-8,13-14,29-30H,9-12H2,1-6H3. The summed E-state index contributed by atoms with van der Waals surface area (Å²) in [6, 6.07) is 4.89. The zero-order valence-electron chi connectivity index (χ0n) is 21.2. The molecule has 2 aromatic rings. The molecule has 200 valence electrons. The van der Waals surface area contributed by atoms with E-state index in [1.165, 1.54) is 19.2 Å². The lowest BCUT2D eigenvalue weighted by Gasteiger charge is -2.36. The third-order valence-electron chi connectivity index (χ3n) is 7.04. The second-order valence-corrected chi connectivity index (χ2v) is 18.7. The normalized spacial score (nSPS) is 15.5. The van der Waals surface area contributed by atoms with Crippen LogP contribution in [0.25, 0.3) is 0 Å². The molecule has 36 heavy (non-hydrogen) atoms. The third kappa shape index (κ3) is 5.96. The zero-order chi connectivity index (χ0) is 27.1. The lowest BCUT2D eigenvalue weighted by Crippen LogP contribution is -2.42. The van der Waals surface area contributed by atoms with Gasteiger partial charge in [0.05, 0.1) is 17.5 Å². The van der Waals surface area contributed by atoms with Gasteiger partial charge < -0.3 is 14.5 Å². The Bertz CT molecular complexity index is 1250. The molecule has 12 heteroatoms. The molecule has 1 saturated carbocycles. The van der Waals surface area contributed by atoms with Gasteiger partial charge in [0.1, 0.15) is 22.9 Å². The average Bonchev–Trinajstić information content (AvgIpc) is 3.55. The molecule has 0 bridgehead atoms. The molecule has 0 unspecified atom stereocenters. The minimum Gasteiger partial charge on any atom is -0.494 e. The Morgan fingerprint density at radius 3 is 2.25 bits per heavy atom. The van der Waals surface area contributed by atoms with Crippen LogP contribution in [0.5, 0.6) is 5.75 Å². The highest BCUT2D eigenvalue weighted by atomic mass is 127. The van der Waals surface area contributed by atoms with Crippen molar-refractivity contribution in [2.24, 2.45) is 0 Å². The number of sulfonamides is 1. The smallest absolute Gasteiger partial charge is 0.238 e. The van der Waals surface area contributed by atoms with Crippen molar-refractivity contribution in [3.05, 3.63) is 45.3 Å². The van der Waals surface area contributed by atoms with E-state index in [-0.39, 0.29) is 35.2 Å². The fourth-order valence-electron chi connectivity index (χ4n) is 3.45. The molecular weight excluding hydrogens is 624 g/mol. The molecule has 1 fully saturated rings. The number of ether oxygens (including phenoxy) is 1. The second kappa shape index (κ2) is 10.3.